The minimum Gasteiger partial charge on any atom is -0.313 e. The van der Waals surface area contributed by atoms with Gasteiger partial charge in [-0.2, -0.15) is 0 Å². The summed E-state index contributed by atoms with van der Waals surface area (Å²) in [4.78, 5) is 15.3. The number of aryl methyl sites for hydroxylation is 1. The Morgan fingerprint density at radius 1 is 1.53 bits per heavy atom. The van der Waals surface area contributed by atoms with E-state index in [0.717, 1.165) is 0 Å². The van der Waals surface area contributed by atoms with Crippen molar-refractivity contribution in [2.45, 2.75) is 6.92 Å². The molecule has 1 aromatic heterocycles. The van der Waals surface area contributed by atoms with Crippen LogP contribution in [0.5, 0.6) is 0 Å². The van der Waals surface area contributed by atoms with Gasteiger partial charge in [-0.25, -0.2) is 9.37 Å². The van der Waals surface area contributed by atoms with Crippen LogP contribution in [0.1, 0.15) is 6.92 Å². The van der Waals surface area contributed by atoms with Crippen LogP contribution >= 0.6 is 0 Å². The maximum absolute atomic E-state index is 13.4. The number of benzene rings is 1. The second-order valence-electron chi connectivity index (χ2n) is 3.43. The maximum Gasteiger partial charge on any atom is 0.302 e. The monoisotopic (exact) mass is 231 g/mol. The number of nitrogens with zero attached hydrogens (tertiary/aromatic N) is 2. The lowest BCUT2D eigenvalue weighted by atomic mass is 10.3. The van der Waals surface area contributed by atoms with Gasteiger partial charge in [-0.05, 0) is 25.0 Å². The van der Waals surface area contributed by atoms with Crippen LogP contribution in [-0.2, 0) is 11.8 Å². The quantitative estimate of drug-likeness (QED) is 0.759. The van der Waals surface area contributed by atoms with Crippen LogP contribution < -0.4 is 5.32 Å². The summed E-state index contributed by atoms with van der Waals surface area (Å²) < 4.78 is 15.1. The molecule has 0 atom stereocenters. The van der Waals surface area contributed by atoms with Crippen molar-refractivity contribution in [1.82, 2.24) is 9.55 Å². The van der Waals surface area contributed by atoms with Crippen molar-refractivity contribution >= 4 is 22.9 Å². The van der Waals surface area contributed by atoms with Gasteiger partial charge in [0.1, 0.15) is 5.52 Å². The zero-order valence-corrected chi connectivity index (χ0v) is 9.41. The topological polar surface area (TPSA) is 46.9 Å². The highest BCUT2D eigenvalue weighted by Crippen LogP contribution is 2.20. The largest absolute Gasteiger partial charge is 0.313 e. The molecule has 0 unspecified atom stereocenters. The number of carbonyl (C=O) groups excluding carboxylic acids is 1. The molecule has 1 N–H and O–H groups in total. The smallest absolute Gasteiger partial charge is 0.302 e. The highest BCUT2D eigenvalue weighted by molar-refractivity contribution is 6.03. The molecule has 0 aliphatic carbocycles. The molecule has 0 radical (unpaired) electrons. The lowest BCUT2D eigenvalue weighted by molar-refractivity contribution is -0.111. The van der Waals surface area contributed by atoms with Crippen molar-refractivity contribution in [1.29, 1.82) is 0 Å². The fourth-order valence-corrected chi connectivity index (χ4v) is 1.54. The molecule has 86 valence electrons. The summed E-state index contributed by atoms with van der Waals surface area (Å²) >= 11 is 0. The lowest BCUT2D eigenvalue weighted by Crippen LogP contribution is -2.12. The van der Waals surface area contributed by atoms with Crippen LogP contribution in [0.15, 0.2) is 18.2 Å². The van der Waals surface area contributed by atoms with E-state index >= 15 is 0 Å². The van der Waals surface area contributed by atoms with Crippen molar-refractivity contribution in [2.24, 2.45) is 7.05 Å². The van der Waals surface area contributed by atoms with Gasteiger partial charge >= 0.3 is 5.91 Å². The third kappa shape index (κ3) is 1.97. The zero-order chi connectivity index (χ0) is 12.4. The maximum atomic E-state index is 13.4. The number of halogens is 1. The SMILES string of the molecule is CC#CC(=O)Nc1nc2c(F)cccc2n1C. The first-order chi connectivity index (χ1) is 8.13. The van der Waals surface area contributed by atoms with E-state index in [4.69, 9.17) is 0 Å². The third-order valence-electron chi connectivity index (χ3n) is 2.33. The van der Waals surface area contributed by atoms with Crippen LogP contribution in [-0.4, -0.2) is 15.5 Å². The Hall–Kier alpha value is -2.35. The Balaban J connectivity index is 2.48. The van der Waals surface area contributed by atoms with E-state index in [9.17, 15) is 9.18 Å². The second kappa shape index (κ2) is 4.26. The molecule has 2 aromatic rings. The number of hydrogen-bond acceptors (Lipinski definition) is 2. The zero-order valence-electron chi connectivity index (χ0n) is 9.41. The summed E-state index contributed by atoms with van der Waals surface area (Å²) in [5, 5.41) is 2.50. The van der Waals surface area contributed by atoms with Crippen molar-refractivity contribution in [3.8, 4) is 11.8 Å². The molecule has 5 heteroatoms. The number of para-hydroxylation sites is 1. The molecule has 1 amide bonds. The number of imidazole rings is 1. The number of amides is 1. The Bertz CT molecular complexity index is 649. The van der Waals surface area contributed by atoms with Crippen LogP contribution in [0.3, 0.4) is 0 Å². The molecule has 1 heterocycles. The number of nitrogens with one attached hydrogen (secondary N) is 1. The molecule has 0 fully saturated rings. The van der Waals surface area contributed by atoms with Gasteiger partial charge in [-0.3, -0.25) is 10.1 Å². The van der Waals surface area contributed by atoms with E-state index in [1.54, 1.807) is 30.7 Å². The Labute approximate surface area is 97.5 Å². The van der Waals surface area contributed by atoms with Gasteiger partial charge in [0.2, 0.25) is 5.95 Å². The van der Waals surface area contributed by atoms with E-state index in [-0.39, 0.29) is 11.5 Å². The number of fused-ring (bicyclic) bond motifs is 1. The summed E-state index contributed by atoms with van der Waals surface area (Å²) in [6, 6.07) is 4.65. The number of hydrogen-bond donors (Lipinski definition) is 1. The average Bonchev–Trinajstić information content (AvgIpc) is 2.59. The van der Waals surface area contributed by atoms with Gasteiger partial charge in [-0.15, -0.1) is 0 Å². The summed E-state index contributed by atoms with van der Waals surface area (Å²) in [7, 11) is 1.70. The average molecular weight is 231 g/mol. The summed E-state index contributed by atoms with van der Waals surface area (Å²) in [5.74, 6) is 4.21. The van der Waals surface area contributed by atoms with E-state index < -0.39 is 11.7 Å². The second-order valence-corrected chi connectivity index (χ2v) is 3.43. The first-order valence-electron chi connectivity index (χ1n) is 4.98. The van der Waals surface area contributed by atoms with Crippen LogP contribution in [0, 0.1) is 17.7 Å². The standard InChI is InChI=1S/C12H10FN3O/c1-3-5-10(17)14-12-15-11-8(13)6-4-7-9(11)16(12)2/h4,6-7H,1-2H3,(H,14,15,17). The summed E-state index contributed by atoms with van der Waals surface area (Å²) in [5.41, 5.74) is 0.847. The molecule has 0 saturated carbocycles. The minimum absolute atomic E-state index is 0.231. The van der Waals surface area contributed by atoms with Gasteiger partial charge in [0, 0.05) is 7.05 Å². The number of rotatable bonds is 1. The van der Waals surface area contributed by atoms with Crippen LogP contribution in [0.2, 0.25) is 0 Å². The molecular formula is C12H10FN3O. The molecule has 2 rings (SSSR count). The highest BCUT2D eigenvalue weighted by atomic mass is 19.1. The van der Waals surface area contributed by atoms with E-state index in [1.807, 2.05) is 0 Å². The fraction of sp³-hybridized carbons (Fsp3) is 0.167. The number of aromatic nitrogens is 2. The van der Waals surface area contributed by atoms with Gasteiger partial charge in [0.25, 0.3) is 0 Å². The number of carbonyl (C=O) groups is 1. The number of anilines is 1. The molecule has 0 aliphatic heterocycles. The summed E-state index contributed by atoms with van der Waals surface area (Å²) in [6.07, 6.45) is 0. The first-order valence-corrected chi connectivity index (χ1v) is 4.98. The van der Waals surface area contributed by atoms with Gasteiger partial charge in [-0.1, -0.05) is 12.0 Å². The molecular weight excluding hydrogens is 221 g/mol. The van der Waals surface area contributed by atoms with E-state index in [1.165, 1.54) is 6.07 Å². The Morgan fingerprint density at radius 2 is 2.29 bits per heavy atom. The molecule has 17 heavy (non-hydrogen) atoms. The van der Waals surface area contributed by atoms with Crippen molar-refractivity contribution in [3.05, 3.63) is 24.0 Å². The van der Waals surface area contributed by atoms with Gasteiger partial charge < -0.3 is 4.57 Å². The molecule has 0 aliphatic rings. The normalized spacial score (nSPS) is 9.82. The molecule has 0 bridgehead atoms. The molecule has 4 nitrogen and oxygen atoms in total. The van der Waals surface area contributed by atoms with Gasteiger partial charge in [0.05, 0.1) is 5.52 Å². The van der Waals surface area contributed by atoms with Crippen LogP contribution in [0.4, 0.5) is 10.3 Å². The fourth-order valence-electron chi connectivity index (χ4n) is 1.54. The predicted octanol–water partition coefficient (Wildman–Crippen LogP) is 1.67. The van der Waals surface area contributed by atoms with Crippen molar-refractivity contribution in [2.75, 3.05) is 5.32 Å². The lowest BCUT2D eigenvalue weighted by Gasteiger charge is -2.00. The Morgan fingerprint density at radius 3 is 2.94 bits per heavy atom. The molecule has 0 saturated heterocycles. The first kappa shape index (κ1) is 11.1. The summed E-state index contributed by atoms with van der Waals surface area (Å²) in [6.45, 7) is 1.56. The van der Waals surface area contributed by atoms with Crippen molar-refractivity contribution < 1.29 is 9.18 Å². The van der Waals surface area contributed by atoms with E-state index in [0.29, 0.717) is 5.52 Å². The minimum atomic E-state index is -0.466. The van der Waals surface area contributed by atoms with Gasteiger partial charge in [0.15, 0.2) is 5.82 Å². The third-order valence-corrected chi connectivity index (χ3v) is 2.33. The van der Waals surface area contributed by atoms with Crippen LogP contribution in [0.25, 0.3) is 11.0 Å². The molecule has 1 aromatic carbocycles. The predicted molar refractivity (Wildman–Crippen MR) is 62.8 cm³/mol. The Kier molecular flexibility index (Phi) is 2.79. The van der Waals surface area contributed by atoms with E-state index in [2.05, 4.69) is 22.1 Å². The molecule has 0 spiro atoms. The van der Waals surface area contributed by atoms with Crippen molar-refractivity contribution in [3.63, 3.8) is 0 Å². The highest BCUT2D eigenvalue weighted by Gasteiger charge is 2.12.